The van der Waals surface area contributed by atoms with E-state index in [1.54, 1.807) is 12.1 Å². The van der Waals surface area contributed by atoms with Crippen molar-refractivity contribution in [3.8, 4) is 5.69 Å². The molecule has 5 rings (SSSR count). The molecule has 0 atom stereocenters. The molecule has 3 aromatic rings. The number of rotatable bonds is 6. The summed E-state index contributed by atoms with van der Waals surface area (Å²) in [4.78, 5) is 19.0. The van der Waals surface area contributed by atoms with Gasteiger partial charge in [0.2, 0.25) is 11.9 Å². The summed E-state index contributed by atoms with van der Waals surface area (Å²) in [7, 11) is 0. The van der Waals surface area contributed by atoms with Crippen molar-refractivity contribution in [1.82, 2.24) is 19.7 Å². The van der Waals surface area contributed by atoms with E-state index in [9.17, 15) is 9.18 Å². The van der Waals surface area contributed by atoms with Gasteiger partial charge in [0.05, 0.1) is 30.3 Å². The largest absolute Gasteiger partial charge is 0.378 e. The van der Waals surface area contributed by atoms with Gasteiger partial charge in [-0.15, -0.1) is 10.2 Å². The minimum absolute atomic E-state index is 0.0508. The number of para-hydroxylation sites is 1. The van der Waals surface area contributed by atoms with Crippen molar-refractivity contribution < 1.29 is 13.9 Å². The first-order valence-corrected chi connectivity index (χ1v) is 12.8. The van der Waals surface area contributed by atoms with Gasteiger partial charge in [-0.25, -0.2) is 4.39 Å². The number of nitrogens with zero attached hydrogens (tertiary/aromatic N) is 6. The number of morpholine rings is 1. The first-order chi connectivity index (χ1) is 17.1. The third-order valence-electron chi connectivity index (χ3n) is 6.32. The number of aromatic nitrogens is 3. The van der Waals surface area contributed by atoms with Gasteiger partial charge in [-0.3, -0.25) is 9.36 Å². The SMILES string of the molecule is Cc1cccc(-n2c(SCC(=O)N3CCN(c4ccccc4F)CC3)nnc2N2CCOCC2)c1. The predicted octanol–water partition coefficient (Wildman–Crippen LogP) is 2.99. The van der Waals surface area contributed by atoms with Crippen molar-refractivity contribution in [3.63, 3.8) is 0 Å². The van der Waals surface area contributed by atoms with Gasteiger partial charge in [-0.1, -0.05) is 36.0 Å². The first kappa shape index (κ1) is 23.6. The van der Waals surface area contributed by atoms with Crippen molar-refractivity contribution >= 4 is 29.3 Å². The van der Waals surface area contributed by atoms with Crippen LogP contribution in [0.2, 0.25) is 0 Å². The van der Waals surface area contributed by atoms with Gasteiger partial charge < -0.3 is 19.4 Å². The number of benzene rings is 2. The van der Waals surface area contributed by atoms with Gasteiger partial charge in [0.1, 0.15) is 5.82 Å². The number of halogens is 1. The molecule has 0 aliphatic carbocycles. The van der Waals surface area contributed by atoms with Crippen LogP contribution in [-0.2, 0) is 9.53 Å². The third-order valence-corrected chi connectivity index (χ3v) is 7.23. The number of thioether (sulfide) groups is 1. The van der Waals surface area contributed by atoms with Gasteiger partial charge in [-0.2, -0.15) is 0 Å². The average molecular weight is 497 g/mol. The molecule has 0 bridgehead atoms. The highest BCUT2D eigenvalue weighted by atomic mass is 32.2. The van der Waals surface area contributed by atoms with Gasteiger partial charge in [0, 0.05) is 39.3 Å². The highest BCUT2D eigenvalue weighted by Gasteiger charge is 2.25. The lowest BCUT2D eigenvalue weighted by atomic mass is 10.2. The smallest absolute Gasteiger partial charge is 0.233 e. The molecule has 0 saturated carbocycles. The number of ether oxygens (including phenoxy) is 1. The summed E-state index contributed by atoms with van der Waals surface area (Å²) >= 11 is 1.40. The first-order valence-electron chi connectivity index (χ1n) is 11.9. The molecule has 184 valence electrons. The van der Waals surface area contributed by atoms with E-state index < -0.39 is 0 Å². The fraction of sp³-hybridized carbons (Fsp3) is 0.400. The van der Waals surface area contributed by atoms with Gasteiger partial charge >= 0.3 is 0 Å². The van der Waals surface area contributed by atoms with Crippen LogP contribution in [0, 0.1) is 12.7 Å². The zero-order valence-corrected chi connectivity index (χ0v) is 20.6. The monoisotopic (exact) mass is 496 g/mol. The summed E-state index contributed by atoms with van der Waals surface area (Å²) in [6.45, 7) is 7.21. The Morgan fingerprint density at radius 1 is 0.971 bits per heavy atom. The van der Waals surface area contributed by atoms with Crippen LogP contribution in [0.5, 0.6) is 0 Å². The molecule has 2 aromatic carbocycles. The van der Waals surface area contributed by atoms with Crippen LogP contribution in [0.15, 0.2) is 53.7 Å². The maximum absolute atomic E-state index is 14.1. The number of carbonyl (C=O) groups excluding carboxylic acids is 1. The number of piperazine rings is 1. The Morgan fingerprint density at radius 2 is 1.74 bits per heavy atom. The standard InChI is InChI=1S/C25H29FN6O2S/c1-19-5-4-6-20(17-19)32-24(31-13-15-34-16-14-31)27-28-25(32)35-18-23(33)30-11-9-29(10-12-30)22-8-3-2-7-21(22)26/h2-8,17H,9-16,18H2,1H3. The average Bonchev–Trinajstić information content (AvgIpc) is 3.32. The Kier molecular flexibility index (Phi) is 7.19. The molecule has 3 heterocycles. The van der Waals surface area contributed by atoms with Crippen LogP contribution in [-0.4, -0.2) is 83.8 Å². The molecule has 0 radical (unpaired) electrons. The fourth-order valence-corrected chi connectivity index (χ4v) is 5.29. The van der Waals surface area contributed by atoms with E-state index in [1.165, 1.54) is 17.8 Å². The normalized spacial score (nSPS) is 16.6. The molecule has 0 unspecified atom stereocenters. The second-order valence-electron chi connectivity index (χ2n) is 8.66. The molecule has 2 fully saturated rings. The molecule has 2 saturated heterocycles. The van der Waals surface area contributed by atoms with Crippen molar-refractivity contribution in [2.75, 3.05) is 68.0 Å². The van der Waals surface area contributed by atoms with E-state index in [-0.39, 0.29) is 17.5 Å². The number of amides is 1. The third kappa shape index (κ3) is 5.28. The lowest BCUT2D eigenvalue weighted by Crippen LogP contribution is -2.49. The summed E-state index contributed by atoms with van der Waals surface area (Å²) in [6, 6.07) is 15.0. The van der Waals surface area contributed by atoms with Gasteiger partial charge in [0.15, 0.2) is 5.16 Å². The lowest BCUT2D eigenvalue weighted by molar-refractivity contribution is -0.128. The number of hydrogen-bond donors (Lipinski definition) is 0. The Balaban J connectivity index is 1.27. The summed E-state index contributed by atoms with van der Waals surface area (Å²) in [5.74, 6) is 0.865. The summed E-state index contributed by atoms with van der Waals surface area (Å²) in [5.41, 5.74) is 2.71. The molecule has 1 amide bonds. The van der Waals surface area contributed by atoms with Crippen LogP contribution in [0.1, 0.15) is 5.56 Å². The van der Waals surface area contributed by atoms with E-state index >= 15 is 0 Å². The van der Waals surface area contributed by atoms with Crippen molar-refractivity contribution in [1.29, 1.82) is 0 Å². The number of carbonyl (C=O) groups is 1. The zero-order valence-electron chi connectivity index (χ0n) is 19.8. The lowest BCUT2D eigenvalue weighted by Gasteiger charge is -2.36. The van der Waals surface area contributed by atoms with Crippen LogP contribution in [0.3, 0.4) is 0 Å². The minimum atomic E-state index is -0.227. The van der Waals surface area contributed by atoms with Crippen LogP contribution in [0.25, 0.3) is 5.69 Å². The van der Waals surface area contributed by atoms with E-state index in [0.717, 1.165) is 30.3 Å². The van der Waals surface area contributed by atoms with Crippen LogP contribution >= 0.6 is 11.8 Å². The maximum atomic E-state index is 14.1. The van der Waals surface area contributed by atoms with Gasteiger partial charge in [-0.05, 0) is 36.8 Å². The highest BCUT2D eigenvalue weighted by molar-refractivity contribution is 7.99. The van der Waals surface area contributed by atoms with Crippen molar-refractivity contribution in [2.45, 2.75) is 12.1 Å². The van der Waals surface area contributed by atoms with Gasteiger partial charge in [0.25, 0.3) is 0 Å². The Morgan fingerprint density at radius 3 is 2.49 bits per heavy atom. The van der Waals surface area contributed by atoms with Crippen LogP contribution < -0.4 is 9.80 Å². The molecule has 2 aliphatic heterocycles. The highest BCUT2D eigenvalue weighted by Crippen LogP contribution is 2.28. The molecule has 10 heteroatoms. The molecule has 0 spiro atoms. The number of anilines is 2. The Hall–Kier alpha value is -3.11. The van der Waals surface area contributed by atoms with E-state index in [0.29, 0.717) is 50.2 Å². The molecule has 1 aromatic heterocycles. The number of hydrogen-bond acceptors (Lipinski definition) is 7. The maximum Gasteiger partial charge on any atom is 0.233 e. The predicted molar refractivity (Wildman–Crippen MR) is 135 cm³/mol. The number of aryl methyl sites for hydroxylation is 1. The van der Waals surface area contributed by atoms with E-state index in [4.69, 9.17) is 4.74 Å². The van der Waals surface area contributed by atoms with Crippen LogP contribution in [0.4, 0.5) is 16.0 Å². The fourth-order valence-electron chi connectivity index (χ4n) is 4.44. The summed E-state index contributed by atoms with van der Waals surface area (Å²) in [6.07, 6.45) is 0. The zero-order chi connectivity index (χ0) is 24.2. The quantitative estimate of drug-likeness (QED) is 0.486. The summed E-state index contributed by atoms with van der Waals surface area (Å²) in [5, 5.41) is 9.62. The molecule has 35 heavy (non-hydrogen) atoms. The van der Waals surface area contributed by atoms with E-state index in [2.05, 4.69) is 34.2 Å². The molecule has 0 N–H and O–H groups in total. The molecular formula is C25H29FN6O2S. The second kappa shape index (κ2) is 10.7. The second-order valence-corrected chi connectivity index (χ2v) is 9.61. The molecule has 8 nitrogen and oxygen atoms in total. The molecule has 2 aliphatic rings. The Bertz CT molecular complexity index is 1170. The topological polar surface area (TPSA) is 66.7 Å². The molecular weight excluding hydrogens is 467 g/mol. The van der Waals surface area contributed by atoms with Crippen molar-refractivity contribution in [2.24, 2.45) is 0 Å². The van der Waals surface area contributed by atoms with E-state index in [1.807, 2.05) is 32.6 Å². The minimum Gasteiger partial charge on any atom is -0.378 e. The summed E-state index contributed by atoms with van der Waals surface area (Å²) < 4.78 is 21.7. The Labute approximate surface area is 208 Å². The van der Waals surface area contributed by atoms with Crippen molar-refractivity contribution in [3.05, 3.63) is 59.9 Å².